The van der Waals surface area contributed by atoms with E-state index in [9.17, 15) is 9.59 Å². The molecule has 3 rings (SSSR count). The van der Waals surface area contributed by atoms with Gasteiger partial charge in [0.05, 0.1) is 19.4 Å². The molecule has 0 aliphatic heterocycles. The number of benzene rings is 1. The van der Waals surface area contributed by atoms with Crippen LogP contribution in [0.2, 0.25) is 0 Å². The number of H-pyrrole nitrogens is 1. The fraction of sp³-hybridized carbons (Fsp3) is 0.263. The minimum Gasteiger partial charge on any atom is -0.467 e. The van der Waals surface area contributed by atoms with Gasteiger partial charge in [0, 0.05) is 18.0 Å². The standard InChI is InChI=1S/C19H21N3O3/c1-12-7-13(2)15-9-17(21-16(15)8-12)19(24)22(3)11-18(23)20-10-14-5-4-6-25-14/h4-9,21H,10-11H2,1-3H3,(H,20,23). The largest absolute Gasteiger partial charge is 0.467 e. The van der Waals surface area contributed by atoms with E-state index >= 15 is 0 Å². The molecule has 0 unspecified atom stereocenters. The minimum atomic E-state index is -0.240. The van der Waals surface area contributed by atoms with Gasteiger partial charge in [0.15, 0.2) is 0 Å². The van der Waals surface area contributed by atoms with Gasteiger partial charge in [0.25, 0.3) is 5.91 Å². The number of fused-ring (bicyclic) bond motifs is 1. The third kappa shape index (κ3) is 3.74. The summed E-state index contributed by atoms with van der Waals surface area (Å²) in [6.07, 6.45) is 1.55. The number of aryl methyl sites for hydroxylation is 2. The molecule has 0 bridgehead atoms. The number of hydrogen-bond donors (Lipinski definition) is 2. The van der Waals surface area contributed by atoms with E-state index in [4.69, 9.17) is 4.42 Å². The Balaban J connectivity index is 1.65. The van der Waals surface area contributed by atoms with Crippen molar-refractivity contribution in [2.24, 2.45) is 0 Å². The van der Waals surface area contributed by atoms with Crippen LogP contribution in [0.4, 0.5) is 0 Å². The average Bonchev–Trinajstić information content (AvgIpc) is 3.21. The molecule has 2 N–H and O–H groups in total. The number of carbonyl (C=O) groups is 2. The maximum Gasteiger partial charge on any atom is 0.270 e. The summed E-state index contributed by atoms with van der Waals surface area (Å²) in [5.41, 5.74) is 3.65. The van der Waals surface area contributed by atoms with Gasteiger partial charge in [-0.25, -0.2) is 0 Å². The highest BCUT2D eigenvalue weighted by Gasteiger charge is 2.17. The molecule has 2 aromatic heterocycles. The zero-order valence-electron chi connectivity index (χ0n) is 14.6. The van der Waals surface area contributed by atoms with Gasteiger partial charge in [0.2, 0.25) is 5.91 Å². The van der Waals surface area contributed by atoms with Crippen molar-refractivity contribution in [3.63, 3.8) is 0 Å². The number of amides is 2. The van der Waals surface area contributed by atoms with Crippen LogP contribution < -0.4 is 5.32 Å². The summed E-state index contributed by atoms with van der Waals surface area (Å²) in [6.45, 7) is 4.32. The number of rotatable bonds is 5. The Kier molecular flexibility index (Phi) is 4.61. The van der Waals surface area contributed by atoms with Crippen molar-refractivity contribution in [1.82, 2.24) is 15.2 Å². The maximum atomic E-state index is 12.6. The Bertz CT molecular complexity index is 910. The van der Waals surface area contributed by atoms with Gasteiger partial charge < -0.3 is 19.6 Å². The lowest BCUT2D eigenvalue weighted by Crippen LogP contribution is -2.38. The monoisotopic (exact) mass is 339 g/mol. The van der Waals surface area contributed by atoms with E-state index in [1.165, 1.54) is 4.90 Å². The molecular formula is C19H21N3O3. The number of likely N-dealkylation sites (N-methyl/N-ethyl adjacent to an activating group) is 1. The molecule has 0 aliphatic carbocycles. The van der Waals surface area contributed by atoms with Crippen LogP contribution in [0.25, 0.3) is 10.9 Å². The van der Waals surface area contributed by atoms with E-state index in [2.05, 4.69) is 16.4 Å². The topological polar surface area (TPSA) is 78.3 Å². The van der Waals surface area contributed by atoms with E-state index in [1.807, 2.05) is 26.0 Å². The summed E-state index contributed by atoms with van der Waals surface area (Å²) >= 11 is 0. The Morgan fingerprint density at radius 3 is 2.76 bits per heavy atom. The molecule has 6 heteroatoms. The van der Waals surface area contributed by atoms with Crippen LogP contribution in [0, 0.1) is 13.8 Å². The Morgan fingerprint density at radius 2 is 2.04 bits per heavy atom. The normalized spacial score (nSPS) is 10.8. The number of hydrogen-bond acceptors (Lipinski definition) is 3. The maximum absolute atomic E-state index is 12.6. The van der Waals surface area contributed by atoms with Gasteiger partial charge in [-0.15, -0.1) is 0 Å². The van der Waals surface area contributed by atoms with E-state index in [-0.39, 0.29) is 18.4 Å². The van der Waals surface area contributed by atoms with Gasteiger partial charge >= 0.3 is 0 Å². The Labute approximate surface area is 145 Å². The van der Waals surface area contributed by atoms with Crippen molar-refractivity contribution in [2.45, 2.75) is 20.4 Å². The highest BCUT2D eigenvalue weighted by Crippen LogP contribution is 2.22. The number of aromatic amines is 1. The third-order valence-corrected chi connectivity index (χ3v) is 4.09. The smallest absolute Gasteiger partial charge is 0.270 e. The van der Waals surface area contributed by atoms with E-state index < -0.39 is 0 Å². The highest BCUT2D eigenvalue weighted by molar-refractivity contribution is 6.00. The van der Waals surface area contributed by atoms with E-state index in [0.29, 0.717) is 18.0 Å². The van der Waals surface area contributed by atoms with Gasteiger partial charge in [-0.1, -0.05) is 6.07 Å². The molecule has 25 heavy (non-hydrogen) atoms. The van der Waals surface area contributed by atoms with Crippen LogP contribution in [-0.2, 0) is 11.3 Å². The lowest BCUT2D eigenvalue weighted by Gasteiger charge is -2.15. The van der Waals surface area contributed by atoms with Gasteiger partial charge in [-0.2, -0.15) is 0 Å². The van der Waals surface area contributed by atoms with Crippen LogP contribution in [-0.4, -0.2) is 35.3 Å². The summed E-state index contributed by atoms with van der Waals surface area (Å²) in [5, 5.41) is 3.75. The number of carbonyl (C=O) groups excluding carboxylic acids is 2. The summed E-state index contributed by atoms with van der Waals surface area (Å²) < 4.78 is 5.16. The molecule has 2 amide bonds. The second kappa shape index (κ2) is 6.84. The lowest BCUT2D eigenvalue weighted by atomic mass is 10.1. The number of furan rings is 1. The van der Waals surface area contributed by atoms with Gasteiger partial charge in [-0.3, -0.25) is 9.59 Å². The molecule has 2 heterocycles. The van der Waals surface area contributed by atoms with Crippen LogP contribution in [0.15, 0.2) is 41.0 Å². The number of nitrogens with one attached hydrogen (secondary N) is 2. The molecule has 0 radical (unpaired) electrons. The van der Waals surface area contributed by atoms with Gasteiger partial charge in [0.1, 0.15) is 11.5 Å². The summed E-state index contributed by atoms with van der Waals surface area (Å²) in [4.78, 5) is 29.1. The zero-order chi connectivity index (χ0) is 18.0. The van der Waals surface area contributed by atoms with Crippen LogP contribution in [0.5, 0.6) is 0 Å². The van der Waals surface area contributed by atoms with Crippen molar-refractivity contribution in [2.75, 3.05) is 13.6 Å². The molecule has 0 aliphatic rings. The van der Waals surface area contributed by atoms with Crippen LogP contribution in [0.1, 0.15) is 27.4 Å². The molecule has 0 saturated heterocycles. The molecule has 6 nitrogen and oxygen atoms in total. The Morgan fingerprint density at radius 1 is 1.24 bits per heavy atom. The quantitative estimate of drug-likeness (QED) is 0.750. The van der Waals surface area contributed by atoms with Crippen molar-refractivity contribution >= 4 is 22.7 Å². The Hall–Kier alpha value is -3.02. The van der Waals surface area contributed by atoms with Crippen LogP contribution in [0.3, 0.4) is 0 Å². The molecule has 0 saturated carbocycles. The first-order valence-corrected chi connectivity index (χ1v) is 8.08. The molecule has 0 atom stereocenters. The predicted octanol–water partition coefficient (Wildman–Crippen LogP) is 2.77. The first-order valence-electron chi connectivity index (χ1n) is 8.08. The van der Waals surface area contributed by atoms with Crippen molar-refractivity contribution < 1.29 is 14.0 Å². The average molecular weight is 339 g/mol. The predicted molar refractivity (Wildman–Crippen MR) is 95.3 cm³/mol. The third-order valence-electron chi connectivity index (χ3n) is 4.09. The molecule has 3 aromatic rings. The van der Waals surface area contributed by atoms with Gasteiger partial charge in [-0.05, 0) is 49.2 Å². The minimum absolute atomic E-state index is 0.0209. The SMILES string of the molecule is Cc1cc(C)c2cc(C(=O)N(C)CC(=O)NCc3ccco3)[nH]c2c1. The molecule has 0 spiro atoms. The van der Waals surface area contributed by atoms with Crippen molar-refractivity contribution in [3.8, 4) is 0 Å². The lowest BCUT2D eigenvalue weighted by molar-refractivity contribution is -0.121. The first-order chi connectivity index (χ1) is 11.9. The zero-order valence-corrected chi connectivity index (χ0v) is 14.6. The molecule has 130 valence electrons. The molecule has 0 fully saturated rings. The van der Waals surface area contributed by atoms with Crippen molar-refractivity contribution in [3.05, 3.63) is 59.2 Å². The second-order valence-corrected chi connectivity index (χ2v) is 6.24. The first kappa shape index (κ1) is 16.8. The van der Waals surface area contributed by atoms with E-state index in [0.717, 1.165) is 22.0 Å². The number of aromatic nitrogens is 1. The van der Waals surface area contributed by atoms with Crippen LogP contribution >= 0.6 is 0 Å². The fourth-order valence-corrected chi connectivity index (χ4v) is 2.86. The molecular weight excluding hydrogens is 318 g/mol. The van der Waals surface area contributed by atoms with Crippen molar-refractivity contribution in [1.29, 1.82) is 0 Å². The summed E-state index contributed by atoms with van der Waals surface area (Å²) in [7, 11) is 1.61. The van der Waals surface area contributed by atoms with E-state index in [1.54, 1.807) is 25.4 Å². The fourth-order valence-electron chi connectivity index (χ4n) is 2.86. The highest BCUT2D eigenvalue weighted by atomic mass is 16.3. The summed E-state index contributed by atoms with van der Waals surface area (Å²) in [6, 6.07) is 9.47. The second-order valence-electron chi connectivity index (χ2n) is 6.24. The molecule has 1 aromatic carbocycles. The summed E-state index contributed by atoms with van der Waals surface area (Å²) in [5.74, 6) is 0.209. The number of nitrogens with zero attached hydrogens (tertiary/aromatic N) is 1.